The first-order valence-electron chi connectivity index (χ1n) is 4.95. The van der Waals surface area contributed by atoms with Gasteiger partial charge in [0.1, 0.15) is 11.0 Å². The molecular weight excluding hydrogens is 251 g/mol. The molecule has 2 heterocycles. The van der Waals surface area contributed by atoms with Crippen LogP contribution in [-0.4, -0.2) is 51.3 Å². The van der Waals surface area contributed by atoms with Crippen molar-refractivity contribution in [1.29, 1.82) is 0 Å². The molecule has 0 spiro atoms. The quantitative estimate of drug-likeness (QED) is 0.700. The fourth-order valence-corrected chi connectivity index (χ4v) is 1.86. The van der Waals surface area contributed by atoms with E-state index < -0.39 is 23.9 Å². The standard InChI is InChI=1S/C10H10ClFN2O3/c11-9-6(1-5(12)2-13-9)10(17)14-3-7(15)8(16)4-14/h1-2,7-8,15-16H,3-4H2. The number of halogens is 2. The zero-order valence-electron chi connectivity index (χ0n) is 8.68. The van der Waals surface area contributed by atoms with Crippen molar-refractivity contribution in [2.75, 3.05) is 13.1 Å². The summed E-state index contributed by atoms with van der Waals surface area (Å²) in [6, 6.07) is 0.981. The number of hydrogen-bond donors (Lipinski definition) is 2. The number of rotatable bonds is 1. The average Bonchev–Trinajstić information content (AvgIpc) is 2.62. The molecule has 1 saturated heterocycles. The lowest BCUT2D eigenvalue weighted by atomic mass is 10.2. The number of amides is 1. The maximum absolute atomic E-state index is 13.0. The highest BCUT2D eigenvalue weighted by molar-refractivity contribution is 6.32. The van der Waals surface area contributed by atoms with Crippen molar-refractivity contribution >= 4 is 17.5 Å². The average molecular weight is 261 g/mol. The molecule has 1 aromatic heterocycles. The fraction of sp³-hybridized carbons (Fsp3) is 0.400. The van der Waals surface area contributed by atoms with E-state index in [0.717, 1.165) is 12.3 Å². The lowest BCUT2D eigenvalue weighted by molar-refractivity contribution is 0.0572. The summed E-state index contributed by atoms with van der Waals surface area (Å²) in [4.78, 5) is 16.7. The largest absolute Gasteiger partial charge is 0.388 e. The van der Waals surface area contributed by atoms with Crippen LogP contribution in [0.5, 0.6) is 0 Å². The molecule has 92 valence electrons. The summed E-state index contributed by atoms with van der Waals surface area (Å²) >= 11 is 5.69. The van der Waals surface area contributed by atoms with E-state index in [4.69, 9.17) is 11.6 Å². The molecule has 2 rings (SSSR count). The highest BCUT2D eigenvalue weighted by atomic mass is 35.5. The Kier molecular flexibility index (Phi) is 3.28. The first-order chi connectivity index (χ1) is 7.99. The summed E-state index contributed by atoms with van der Waals surface area (Å²) in [6.45, 7) is -0.0142. The first kappa shape index (κ1) is 12.2. The molecule has 0 radical (unpaired) electrons. The molecule has 1 fully saturated rings. The number of aliphatic hydroxyl groups is 2. The van der Waals surface area contributed by atoms with E-state index in [0.29, 0.717) is 0 Å². The molecule has 1 aliphatic heterocycles. The number of β-amino-alcohol motifs (C(OH)–C–C–N with tert-alkyl or cyclic N) is 2. The minimum atomic E-state index is -0.987. The number of pyridine rings is 1. The molecule has 2 atom stereocenters. The van der Waals surface area contributed by atoms with Crippen molar-refractivity contribution in [2.24, 2.45) is 0 Å². The van der Waals surface area contributed by atoms with Crippen LogP contribution in [0.15, 0.2) is 12.3 Å². The number of carbonyl (C=O) groups excluding carboxylic acids is 1. The Morgan fingerprint density at radius 2 is 2.06 bits per heavy atom. The van der Waals surface area contributed by atoms with E-state index in [1.807, 2.05) is 0 Å². The maximum Gasteiger partial charge on any atom is 0.257 e. The summed E-state index contributed by atoms with van der Waals surface area (Å²) in [5.41, 5.74) is -0.0760. The van der Waals surface area contributed by atoms with Crippen LogP contribution in [0.3, 0.4) is 0 Å². The van der Waals surface area contributed by atoms with E-state index >= 15 is 0 Å². The maximum atomic E-state index is 13.0. The molecule has 7 heteroatoms. The second-order valence-corrected chi connectivity index (χ2v) is 4.19. The predicted octanol–water partition coefficient (Wildman–Crippen LogP) is 0.0517. The molecule has 0 aliphatic carbocycles. The SMILES string of the molecule is O=C(c1cc(F)cnc1Cl)N1CC(O)C(O)C1. The van der Waals surface area contributed by atoms with Crippen LogP contribution in [0.25, 0.3) is 0 Å². The van der Waals surface area contributed by atoms with Gasteiger partial charge < -0.3 is 15.1 Å². The van der Waals surface area contributed by atoms with Gasteiger partial charge in [0, 0.05) is 13.1 Å². The van der Waals surface area contributed by atoms with Gasteiger partial charge in [0.05, 0.1) is 24.0 Å². The Balaban J connectivity index is 2.23. The molecule has 5 nitrogen and oxygen atoms in total. The van der Waals surface area contributed by atoms with Gasteiger partial charge in [-0.05, 0) is 6.07 Å². The topological polar surface area (TPSA) is 73.7 Å². The van der Waals surface area contributed by atoms with E-state index in [-0.39, 0.29) is 23.8 Å². The van der Waals surface area contributed by atoms with E-state index in [1.54, 1.807) is 0 Å². The molecule has 0 aromatic carbocycles. The molecule has 1 amide bonds. The Morgan fingerprint density at radius 1 is 1.47 bits per heavy atom. The number of nitrogens with zero attached hydrogens (tertiary/aromatic N) is 2. The highest BCUT2D eigenvalue weighted by Gasteiger charge is 2.33. The molecule has 2 N–H and O–H groups in total. The second kappa shape index (κ2) is 4.56. The van der Waals surface area contributed by atoms with Crippen molar-refractivity contribution in [3.8, 4) is 0 Å². The number of aliphatic hydroxyl groups excluding tert-OH is 2. The van der Waals surface area contributed by atoms with Crippen molar-refractivity contribution in [2.45, 2.75) is 12.2 Å². The highest BCUT2D eigenvalue weighted by Crippen LogP contribution is 2.19. The Morgan fingerprint density at radius 3 is 2.65 bits per heavy atom. The third kappa shape index (κ3) is 2.38. The van der Waals surface area contributed by atoms with Crippen LogP contribution in [0.4, 0.5) is 4.39 Å². The van der Waals surface area contributed by atoms with Crippen LogP contribution in [0, 0.1) is 5.82 Å². The molecule has 0 saturated carbocycles. The third-order valence-corrected chi connectivity index (χ3v) is 2.88. The van der Waals surface area contributed by atoms with E-state index in [9.17, 15) is 19.4 Å². The minimum absolute atomic E-state index is 0.00710. The lowest BCUT2D eigenvalue weighted by Crippen LogP contribution is -2.30. The van der Waals surface area contributed by atoms with Gasteiger partial charge in [-0.25, -0.2) is 9.37 Å². The van der Waals surface area contributed by atoms with Gasteiger partial charge in [0.15, 0.2) is 0 Å². The summed E-state index contributed by atoms with van der Waals surface area (Å²) in [5.74, 6) is -1.23. The molecule has 17 heavy (non-hydrogen) atoms. The Bertz CT molecular complexity index is 447. The Labute approximate surface area is 101 Å². The first-order valence-corrected chi connectivity index (χ1v) is 5.33. The normalized spacial score (nSPS) is 24.1. The molecule has 0 bridgehead atoms. The van der Waals surface area contributed by atoms with Crippen LogP contribution >= 0.6 is 11.6 Å². The van der Waals surface area contributed by atoms with Crippen LogP contribution < -0.4 is 0 Å². The molecule has 2 unspecified atom stereocenters. The van der Waals surface area contributed by atoms with Gasteiger partial charge in [-0.15, -0.1) is 0 Å². The summed E-state index contributed by atoms with van der Waals surface area (Å²) in [5, 5.41) is 18.5. The van der Waals surface area contributed by atoms with Gasteiger partial charge >= 0.3 is 0 Å². The van der Waals surface area contributed by atoms with Gasteiger partial charge in [0.25, 0.3) is 5.91 Å². The monoisotopic (exact) mass is 260 g/mol. The van der Waals surface area contributed by atoms with Gasteiger partial charge in [-0.3, -0.25) is 4.79 Å². The van der Waals surface area contributed by atoms with Crippen LogP contribution in [-0.2, 0) is 0 Å². The smallest absolute Gasteiger partial charge is 0.257 e. The van der Waals surface area contributed by atoms with Gasteiger partial charge in [-0.1, -0.05) is 11.6 Å². The van der Waals surface area contributed by atoms with E-state index in [1.165, 1.54) is 4.90 Å². The number of hydrogen-bond acceptors (Lipinski definition) is 4. The predicted molar refractivity (Wildman–Crippen MR) is 57.1 cm³/mol. The number of aromatic nitrogens is 1. The Hall–Kier alpha value is -1.24. The zero-order valence-corrected chi connectivity index (χ0v) is 9.43. The molecular formula is C10H10ClFN2O3. The lowest BCUT2D eigenvalue weighted by Gasteiger charge is -2.15. The molecule has 1 aromatic rings. The van der Waals surface area contributed by atoms with Crippen LogP contribution in [0.2, 0.25) is 5.15 Å². The van der Waals surface area contributed by atoms with Crippen molar-refractivity contribution in [1.82, 2.24) is 9.88 Å². The second-order valence-electron chi connectivity index (χ2n) is 3.84. The fourth-order valence-electron chi connectivity index (χ4n) is 1.68. The number of carbonyl (C=O) groups is 1. The number of likely N-dealkylation sites (tertiary alicyclic amines) is 1. The molecule has 1 aliphatic rings. The summed E-state index contributed by atoms with van der Waals surface area (Å²) < 4.78 is 13.0. The van der Waals surface area contributed by atoms with Crippen LogP contribution in [0.1, 0.15) is 10.4 Å². The third-order valence-electron chi connectivity index (χ3n) is 2.58. The van der Waals surface area contributed by atoms with Gasteiger partial charge in [-0.2, -0.15) is 0 Å². The van der Waals surface area contributed by atoms with Crippen molar-refractivity contribution in [3.63, 3.8) is 0 Å². The van der Waals surface area contributed by atoms with Gasteiger partial charge in [0.2, 0.25) is 0 Å². The summed E-state index contributed by atoms with van der Waals surface area (Å²) in [7, 11) is 0. The van der Waals surface area contributed by atoms with Crippen molar-refractivity contribution < 1.29 is 19.4 Å². The van der Waals surface area contributed by atoms with Crippen molar-refractivity contribution in [3.05, 3.63) is 28.8 Å². The summed E-state index contributed by atoms with van der Waals surface area (Å²) in [6.07, 6.45) is -1.06. The zero-order chi connectivity index (χ0) is 12.6. The van der Waals surface area contributed by atoms with E-state index in [2.05, 4.69) is 4.98 Å². The minimum Gasteiger partial charge on any atom is -0.388 e.